The Hall–Kier alpha value is -4.46. The van der Waals surface area contributed by atoms with E-state index < -0.39 is 65.3 Å². The molecule has 3 fully saturated rings. The Morgan fingerprint density at radius 1 is 0.899 bits per heavy atom. The Bertz CT molecular complexity index is 2530. The average Bonchev–Trinajstić information content (AvgIpc) is 3.81. The number of morpholine rings is 1. The number of ketones is 1. The number of fused-ring (bicyclic) bond motifs is 9. The van der Waals surface area contributed by atoms with Gasteiger partial charge >= 0.3 is 5.79 Å². The molecule has 2 aromatic rings. The molecule has 2 aromatic carbocycles. The summed E-state index contributed by atoms with van der Waals surface area (Å²) in [6.45, 7) is 25.4. The van der Waals surface area contributed by atoms with E-state index in [1.165, 1.54) is 13.2 Å². The maximum Gasteiger partial charge on any atom is 0.312 e. The standard InChI is InChI=1S/C52H73N5O12/c1-27(2)26-56-19-17-52(18-20-56)54-38-35-36-41(58)31(6)46-37(35)47(60)51(11,69-46)65-23-16-34(63-12)30(5)44(66-49(62)57-21-24-64-25-22-57)33(8)45-32(7)43(67-50(9,10)68-45)28(3)14-13-15-29(4)48(61)53-40(42(36)59)39(38)55-52/h13-16,23,27-28,30,32-34,43-45,49,54,58-59,62H,17-22,24-26H2,1-12H3/b14-13+,23-16+,29-15-,53-40?/t28-,30+,32+,33-,34-,43-,44+,45+,49?,51-/m0/s1. The zero-order chi connectivity index (χ0) is 49.9. The lowest BCUT2D eigenvalue weighted by Gasteiger charge is -2.50. The lowest BCUT2D eigenvalue weighted by Crippen LogP contribution is -2.57. The molecule has 0 aliphatic carbocycles. The predicted molar refractivity (Wildman–Crippen MR) is 257 cm³/mol. The van der Waals surface area contributed by atoms with Crippen molar-refractivity contribution in [3.8, 4) is 17.2 Å². The molecule has 4 N–H and O–H groups in total. The van der Waals surface area contributed by atoms with E-state index in [0.29, 0.717) is 50.8 Å². The normalized spacial score (nSPS) is 34.0. The van der Waals surface area contributed by atoms with Gasteiger partial charge in [-0.1, -0.05) is 59.8 Å². The number of Topliss-reactive ketones (excluding diaryl/α,β-unsaturated/α-hetero) is 1. The summed E-state index contributed by atoms with van der Waals surface area (Å²) in [6.07, 6.45) is 6.44. The third-order valence-electron chi connectivity index (χ3n) is 15.0. The number of allylic oxidation sites excluding steroid dienone is 2. The van der Waals surface area contributed by atoms with E-state index >= 15 is 0 Å². The molecule has 1 amide bonds. The van der Waals surface area contributed by atoms with Crippen LogP contribution in [0.5, 0.6) is 17.2 Å². The highest BCUT2D eigenvalue weighted by Gasteiger charge is 2.52. The quantitative estimate of drug-likeness (QED) is 0.206. The number of piperidine rings is 1. The molecule has 7 aliphatic rings. The number of hydrogen-bond donors (Lipinski definition) is 4. The van der Waals surface area contributed by atoms with Gasteiger partial charge in [0.25, 0.3) is 11.7 Å². The van der Waals surface area contributed by atoms with E-state index in [1.807, 2.05) is 44.7 Å². The van der Waals surface area contributed by atoms with Crippen LogP contribution in [0.25, 0.3) is 10.8 Å². The molecular formula is C52H73N5O12. The van der Waals surface area contributed by atoms with E-state index in [0.717, 1.165) is 19.6 Å². The topological polar surface area (TPSA) is 203 Å². The van der Waals surface area contributed by atoms with Gasteiger partial charge in [0.05, 0.1) is 60.5 Å². The lowest BCUT2D eigenvalue weighted by molar-refractivity contribution is -0.342. The molecule has 9 rings (SSSR count). The number of aliphatic hydroxyl groups is 1. The number of aliphatic hydroxyl groups excluding tert-OH is 1. The fourth-order valence-corrected chi connectivity index (χ4v) is 11.2. The predicted octanol–water partition coefficient (Wildman–Crippen LogP) is 5.61. The number of benzene rings is 2. The maximum atomic E-state index is 15.0. The van der Waals surface area contributed by atoms with Gasteiger partial charge in [0.15, 0.2) is 11.5 Å². The second kappa shape index (κ2) is 19.6. The summed E-state index contributed by atoms with van der Waals surface area (Å²) < 4.78 is 44.4. The van der Waals surface area contributed by atoms with Crippen molar-refractivity contribution in [2.24, 2.45) is 39.6 Å². The zero-order valence-corrected chi connectivity index (χ0v) is 42.3. The molecule has 0 aromatic heterocycles. The van der Waals surface area contributed by atoms with Crippen molar-refractivity contribution in [2.75, 3.05) is 58.4 Å². The molecule has 17 nitrogen and oxygen atoms in total. The second-order valence-corrected chi connectivity index (χ2v) is 21.1. The summed E-state index contributed by atoms with van der Waals surface area (Å²) in [5, 5.41) is 39.7. The van der Waals surface area contributed by atoms with Crippen molar-refractivity contribution in [3.05, 3.63) is 58.0 Å². The molecule has 7 aliphatic heterocycles. The SMILES string of the molecule is CO[C@H]1/C=C/O[C@@]2(C)Oc3c(C)c(O)c4c(O)c(c5c(c4c3C2=O)NC2(CCN(CC(C)C)CC2)N=5)=NC(=O)/C(C)=C\C=C\[C@H](C)[C@@H]2OC(C)(C)O[C@@H]([C@@H](C)[C@H](OC(O)N3CCOCC3)[C@@H]1C)[C@@H]2C. The Morgan fingerprint density at radius 2 is 1.58 bits per heavy atom. The van der Waals surface area contributed by atoms with E-state index in [-0.39, 0.29) is 73.5 Å². The van der Waals surface area contributed by atoms with Crippen molar-refractivity contribution < 1.29 is 58.1 Å². The minimum Gasteiger partial charge on any atom is -0.507 e. The molecule has 1 unspecified atom stereocenters. The molecule has 0 saturated carbocycles. The van der Waals surface area contributed by atoms with E-state index in [4.69, 9.17) is 38.2 Å². The largest absolute Gasteiger partial charge is 0.507 e. The molecule has 3 saturated heterocycles. The van der Waals surface area contributed by atoms with Crippen LogP contribution in [0.2, 0.25) is 0 Å². The average molecular weight is 960 g/mol. The number of ether oxygens (including phenoxy) is 7. The van der Waals surface area contributed by atoms with E-state index in [9.17, 15) is 24.9 Å². The number of phenolic OH excluding ortho intramolecular Hbond substituents is 2. The second-order valence-electron chi connectivity index (χ2n) is 21.1. The van der Waals surface area contributed by atoms with Crippen LogP contribution >= 0.6 is 0 Å². The summed E-state index contributed by atoms with van der Waals surface area (Å²) in [6, 6.07) is 0. The summed E-state index contributed by atoms with van der Waals surface area (Å²) in [5.74, 6) is -5.44. The van der Waals surface area contributed by atoms with Crippen LogP contribution < -0.4 is 20.8 Å². The van der Waals surface area contributed by atoms with Crippen molar-refractivity contribution in [3.63, 3.8) is 0 Å². The Kier molecular flexibility index (Phi) is 14.5. The van der Waals surface area contributed by atoms with Crippen molar-refractivity contribution in [2.45, 2.75) is 137 Å². The Balaban J connectivity index is 1.27. The molecule has 17 heteroatoms. The van der Waals surface area contributed by atoms with Gasteiger partial charge in [-0.05, 0) is 39.7 Å². The first-order valence-corrected chi connectivity index (χ1v) is 24.6. The van der Waals surface area contributed by atoms with Gasteiger partial charge in [-0.2, -0.15) is 0 Å². The number of aromatic hydroxyl groups is 2. The van der Waals surface area contributed by atoms with Gasteiger partial charge in [0.2, 0.25) is 6.41 Å². The number of methoxy groups -OCH3 is 1. The van der Waals surface area contributed by atoms with Crippen LogP contribution in [-0.2, 0) is 33.2 Å². The highest BCUT2D eigenvalue weighted by molar-refractivity contribution is 6.21. The van der Waals surface area contributed by atoms with Gasteiger partial charge in [-0.3, -0.25) is 19.5 Å². The number of nitrogens with one attached hydrogen (secondary N) is 1. The number of likely N-dealkylation sites (tertiary alicyclic amines) is 1. The van der Waals surface area contributed by atoms with Crippen LogP contribution in [-0.4, -0.2) is 138 Å². The van der Waals surface area contributed by atoms with Gasteiger partial charge in [-0.15, -0.1) is 0 Å². The first-order chi connectivity index (χ1) is 32.6. The van der Waals surface area contributed by atoms with Crippen LogP contribution in [0.4, 0.5) is 5.69 Å². The van der Waals surface area contributed by atoms with Gasteiger partial charge in [0.1, 0.15) is 27.9 Å². The summed E-state index contributed by atoms with van der Waals surface area (Å²) in [7, 11) is 1.57. The number of carbonyl (C=O) groups is 2. The van der Waals surface area contributed by atoms with Crippen molar-refractivity contribution in [1.29, 1.82) is 0 Å². The fourth-order valence-electron chi connectivity index (χ4n) is 11.2. The highest BCUT2D eigenvalue weighted by atomic mass is 16.7. The smallest absolute Gasteiger partial charge is 0.312 e. The number of amides is 1. The minimum atomic E-state index is -1.93. The molecule has 7 heterocycles. The third kappa shape index (κ3) is 9.70. The minimum absolute atomic E-state index is 0.0606. The zero-order valence-electron chi connectivity index (χ0n) is 42.3. The van der Waals surface area contributed by atoms with Gasteiger partial charge < -0.3 is 58.7 Å². The molecule has 10 atom stereocenters. The van der Waals surface area contributed by atoms with Gasteiger partial charge in [0, 0.05) is 99.8 Å². The lowest BCUT2D eigenvalue weighted by atomic mass is 9.77. The number of nitrogens with zero attached hydrogens (tertiary/aromatic N) is 4. The Labute approximate surface area is 405 Å². The first kappa shape index (κ1) is 50.9. The molecule has 378 valence electrons. The number of hydrogen-bond acceptors (Lipinski definition) is 16. The van der Waals surface area contributed by atoms with Crippen LogP contribution in [0.15, 0.2) is 46.1 Å². The summed E-state index contributed by atoms with van der Waals surface area (Å²) in [5.41, 5.74) is 0.0864. The number of phenols is 2. The number of rotatable bonds is 6. The number of carbonyl (C=O) groups excluding carboxylic acids is 2. The number of anilines is 1. The van der Waals surface area contributed by atoms with E-state index in [1.54, 1.807) is 33.1 Å². The molecule has 0 radical (unpaired) electrons. The van der Waals surface area contributed by atoms with Crippen molar-refractivity contribution in [1.82, 2.24) is 9.80 Å². The van der Waals surface area contributed by atoms with E-state index in [2.05, 4.69) is 42.9 Å². The third-order valence-corrected chi connectivity index (χ3v) is 15.0. The van der Waals surface area contributed by atoms with Crippen LogP contribution in [0, 0.1) is 36.5 Å². The van der Waals surface area contributed by atoms with Crippen LogP contribution in [0.1, 0.15) is 98.0 Å². The fraction of sp³-hybridized carbons (Fsp3) is 0.654. The monoisotopic (exact) mass is 960 g/mol. The van der Waals surface area contributed by atoms with Gasteiger partial charge in [-0.25, -0.2) is 4.99 Å². The molecule has 7 bridgehead atoms. The molecular weight excluding hydrogens is 887 g/mol. The van der Waals surface area contributed by atoms with Crippen molar-refractivity contribution >= 4 is 28.2 Å². The summed E-state index contributed by atoms with van der Waals surface area (Å²) >= 11 is 0. The highest BCUT2D eigenvalue weighted by Crippen LogP contribution is 2.51. The van der Waals surface area contributed by atoms with Crippen LogP contribution in [0.3, 0.4) is 0 Å². The maximum absolute atomic E-state index is 15.0. The summed E-state index contributed by atoms with van der Waals surface area (Å²) in [4.78, 5) is 43.1. The first-order valence-electron chi connectivity index (χ1n) is 24.6. The molecule has 69 heavy (non-hydrogen) atoms. The Morgan fingerprint density at radius 3 is 2.25 bits per heavy atom. The molecule has 1 spiro atoms.